The van der Waals surface area contributed by atoms with Gasteiger partial charge in [-0.3, -0.25) is 0 Å². The average Bonchev–Trinajstić information content (AvgIpc) is 2.32. The van der Waals surface area contributed by atoms with Crippen molar-refractivity contribution in [3.8, 4) is 5.75 Å². The fraction of sp³-hybridized carbons (Fsp3) is 0.200. The van der Waals surface area contributed by atoms with Gasteiger partial charge in [-0.25, -0.2) is 0 Å². The van der Waals surface area contributed by atoms with E-state index in [4.69, 9.17) is 5.73 Å². The summed E-state index contributed by atoms with van der Waals surface area (Å²) in [4.78, 5) is 0. The molecular weight excluding hydrogens is 210 g/mol. The molecule has 1 atom stereocenters. The maximum absolute atomic E-state index is 9.22. The van der Waals surface area contributed by atoms with Crippen molar-refractivity contribution in [2.24, 2.45) is 5.73 Å². The Bertz CT molecular complexity index is 491. The molecule has 17 heavy (non-hydrogen) atoms. The van der Waals surface area contributed by atoms with E-state index in [1.807, 2.05) is 24.3 Å². The molecule has 0 aliphatic rings. The first-order chi connectivity index (χ1) is 8.16. The third-order valence-corrected chi connectivity index (χ3v) is 2.98. The van der Waals surface area contributed by atoms with Crippen LogP contribution in [-0.2, 0) is 6.42 Å². The van der Waals surface area contributed by atoms with E-state index in [1.165, 1.54) is 11.1 Å². The van der Waals surface area contributed by atoms with Gasteiger partial charge in [-0.2, -0.15) is 0 Å². The Hall–Kier alpha value is -1.80. The van der Waals surface area contributed by atoms with Crippen molar-refractivity contribution < 1.29 is 5.11 Å². The van der Waals surface area contributed by atoms with E-state index in [0.29, 0.717) is 5.75 Å². The van der Waals surface area contributed by atoms with E-state index < -0.39 is 0 Å². The summed E-state index contributed by atoms with van der Waals surface area (Å²) in [6.45, 7) is 2.08. The SMILES string of the molecule is Cc1ccccc1C(N)Cc1ccc(O)cc1. The number of hydrogen-bond donors (Lipinski definition) is 2. The zero-order valence-electron chi connectivity index (χ0n) is 9.93. The molecule has 0 bridgehead atoms. The predicted octanol–water partition coefficient (Wildman–Crippen LogP) is 2.94. The first-order valence-corrected chi connectivity index (χ1v) is 5.76. The van der Waals surface area contributed by atoms with Gasteiger partial charge in [-0.15, -0.1) is 0 Å². The lowest BCUT2D eigenvalue weighted by atomic mass is 9.96. The van der Waals surface area contributed by atoms with Gasteiger partial charge in [0.1, 0.15) is 5.75 Å². The van der Waals surface area contributed by atoms with Crippen molar-refractivity contribution >= 4 is 0 Å². The van der Waals surface area contributed by atoms with Crippen molar-refractivity contribution in [2.45, 2.75) is 19.4 Å². The summed E-state index contributed by atoms with van der Waals surface area (Å²) in [6.07, 6.45) is 0.783. The van der Waals surface area contributed by atoms with Gasteiger partial charge in [-0.1, -0.05) is 36.4 Å². The van der Waals surface area contributed by atoms with Gasteiger partial charge >= 0.3 is 0 Å². The van der Waals surface area contributed by atoms with E-state index in [2.05, 4.69) is 19.1 Å². The molecule has 0 aromatic heterocycles. The van der Waals surface area contributed by atoms with E-state index in [1.54, 1.807) is 12.1 Å². The summed E-state index contributed by atoms with van der Waals surface area (Å²) >= 11 is 0. The van der Waals surface area contributed by atoms with Crippen LogP contribution in [0.15, 0.2) is 48.5 Å². The molecule has 0 radical (unpaired) electrons. The quantitative estimate of drug-likeness (QED) is 0.846. The fourth-order valence-corrected chi connectivity index (χ4v) is 2.00. The molecule has 0 saturated carbocycles. The van der Waals surface area contributed by atoms with Gasteiger partial charge in [-0.05, 0) is 42.2 Å². The molecule has 0 heterocycles. The van der Waals surface area contributed by atoms with Crippen LogP contribution in [0.4, 0.5) is 0 Å². The minimum atomic E-state index is 0.000688. The van der Waals surface area contributed by atoms with E-state index >= 15 is 0 Å². The molecule has 2 aromatic rings. The Balaban J connectivity index is 2.14. The summed E-state index contributed by atoms with van der Waals surface area (Å²) in [5, 5.41) is 9.22. The topological polar surface area (TPSA) is 46.2 Å². The Morgan fingerprint density at radius 1 is 1.06 bits per heavy atom. The first-order valence-electron chi connectivity index (χ1n) is 5.76. The third kappa shape index (κ3) is 2.86. The third-order valence-electron chi connectivity index (χ3n) is 2.98. The van der Waals surface area contributed by atoms with Crippen molar-refractivity contribution in [1.29, 1.82) is 0 Å². The Morgan fingerprint density at radius 3 is 2.35 bits per heavy atom. The smallest absolute Gasteiger partial charge is 0.115 e. The number of rotatable bonds is 3. The van der Waals surface area contributed by atoms with Crippen molar-refractivity contribution in [1.82, 2.24) is 0 Å². The monoisotopic (exact) mass is 227 g/mol. The standard InChI is InChI=1S/C15H17NO/c1-11-4-2-3-5-14(11)15(16)10-12-6-8-13(17)9-7-12/h2-9,15,17H,10,16H2,1H3. The van der Waals surface area contributed by atoms with Crippen LogP contribution in [0.25, 0.3) is 0 Å². The van der Waals surface area contributed by atoms with E-state index in [9.17, 15) is 5.11 Å². The van der Waals surface area contributed by atoms with Crippen LogP contribution >= 0.6 is 0 Å². The van der Waals surface area contributed by atoms with Crippen LogP contribution in [0.3, 0.4) is 0 Å². The molecule has 2 nitrogen and oxygen atoms in total. The Kier molecular flexibility index (Phi) is 3.45. The number of phenols is 1. The lowest BCUT2D eigenvalue weighted by Crippen LogP contribution is -2.14. The first kappa shape index (κ1) is 11.7. The molecule has 3 N–H and O–H groups in total. The maximum Gasteiger partial charge on any atom is 0.115 e. The number of benzene rings is 2. The molecule has 0 amide bonds. The maximum atomic E-state index is 9.22. The number of phenolic OH excluding ortho intramolecular Hbond substituents is 1. The largest absolute Gasteiger partial charge is 0.508 e. The molecule has 88 valence electrons. The van der Waals surface area contributed by atoms with Crippen LogP contribution in [0.5, 0.6) is 5.75 Å². The average molecular weight is 227 g/mol. The second-order valence-electron chi connectivity index (χ2n) is 4.33. The van der Waals surface area contributed by atoms with Crippen LogP contribution in [0, 0.1) is 6.92 Å². The molecule has 0 saturated heterocycles. The van der Waals surface area contributed by atoms with Crippen molar-refractivity contribution in [3.63, 3.8) is 0 Å². The highest BCUT2D eigenvalue weighted by atomic mass is 16.3. The second kappa shape index (κ2) is 5.02. The van der Waals surface area contributed by atoms with Crippen molar-refractivity contribution in [2.75, 3.05) is 0 Å². The molecule has 0 aliphatic heterocycles. The van der Waals surface area contributed by atoms with Gasteiger partial charge in [0.2, 0.25) is 0 Å². The summed E-state index contributed by atoms with van der Waals surface area (Å²) in [5.74, 6) is 0.290. The molecule has 2 aromatic carbocycles. The van der Waals surface area contributed by atoms with E-state index in [-0.39, 0.29) is 6.04 Å². The lowest BCUT2D eigenvalue weighted by Gasteiger charge is -2.14. The van der Waals surface area contributed by atoms with Gasteiger partial charge in [0, 0.05) is 6.04 Å². The number of aryl methyl sites for hydroxylation is 1. The van der Waals surface area contributed by atoms with Gasteiger partial charge in [0.25, 0.3) is 0 Å². The molecule has 1 unspecified atom stereocenters. The fourth-order valence-electron chi connectivity index (χ4n) is 2.00. The van der Waals surface area contributed by atoms with E-state index in [0.717, 1.165) is 12.0 Å². The minimum Gasteiger partial charge on any atom is -0.508 e. The Morgan fingerprint density at radius 2 is 1.71 bits per heavy atom. The highest BCUT2D eigenvalue weighted by Crippen LogP contribution is 2.20. The molecule has 0 aliphatic carbocycles. The number of nitrogens with two attached hydrogens (primary N) is 1. The van der Waals surface area contributed by atoms with Gasteiger partial charge in [0.05, 0.1) is 0 Å². The molecule has 0 fully saturated rings. The van der Waals surface area contributed by atoms with Crippen molar-refractivity contribution in [3.05, 3.63) is 65.2 Å². The zero-order chi connectivity index (χ0) is 12.3. The molecule has 2 rings (SSSR count). The summed E-state index contributed by atoms with van der Waals surface area (Å²) < 4.78 is 0. The van der Waals surface area contributed by atoms with Crippen LogP contribution < -0.4 is 5.73 Å². The zero-order valence-corrected chi connectivity index (χ0v) is 9.93. The molecule has 2 heteroatoms. The van der Waals surface area contributed by atoms with Crippen LogP contribution in [-0.4, -0.2) is 5.11 Å². The summed E-state index contributed by atoms with van der Waals surface area (Å²) in [5.41, 5.74) is 9.74. The Labute approximate surface area is 102 Å². The van der Waals surface area contributed by atoms with Gasteiger partial charge < -0.3 is 10.8 Å². The number of aromatic hydroxyl groups is 1. The minimum absolute atomic E-state index is 0.000688. The van der Waals surface area contributed by atoms with Crippen LogP contribution in [0.2, 0.25) is 0 Å². The second-order valence-corrected chi connectivity index (χ2v) is 4.33. The number of hydrogen-bond acceptors (Lipinski definition) is 2. The summed E-state index contributed by atoms with van der Waals surface area (Å²) in [6, 6.07) is 15.4. The summed E-state index contributed by atoms with van der Waals surface area (Å²) in [7, 11) is 0. The molecular formula is C15H17NO. The van der Waals surface area contributed by atoms with Gasteiger partial charge in [0.15, 0.2) is 0 Å². The highest BCUT2D eigenvalue weighted by Gasteiger charge is 2.09. The lowest BCUT2D eigenvalue weighted by molar-refractivity contribution is 0.475. The predicted molar refractivity (Wildman–Crippen MR) is 69.9 cm³/mol. The highest BCUT2D eigenvalue weighted by molar-refractivity contribution is 5.32. The molecule has 0 spiro atoms. The van der Waals surface area contributed by atoms with Crippen LogP contribution in [0.1, 0.15) is 22.7 Å². The normalized spacial score (nSPS) is 12.4.